The largest absolute Gasteiger partial charge is 0.386 e. The predicted octanol–water partition coefficient (Wildman–Crippen LogP) is 2.41. The van der Waals surface area contributed by atoms with Gasteiger partial charge in [0, 0.05) is 25.0 Å². The zero-order chi connectivity index (χ0) is 11.4. The highest BCUT2D eigenvalue weighted by atomic mass is 35.5. The van der Waals surface area contributed by atoms with E-state index in [1.807, 2.05) is 12.1 Å². The van der Waals surface area contributed by atoms with Gasteiger partial charge in [-0.15, -0.1) is 0 Å². The van der Waals surface area contributed by atoms with E-state index in [0.29, 0.717) is 17.1 Å². The van der Waals surface area contributed by atoms with Gasteiger partial charge in [0.25, 0.3) is 0 Å². The fourth-order valence-corrected chi connectivity index (χ4v) is 1.73. The molecule has 2 rings (SSSR count). The molecule has 82 valence electrons. The Morgan fingerprint density at radius 2 is 2.06 bits per heavy atom. The fraction of sp³-hybridized carbons (Fsp3) is 0.167. The van der Waals surface area contributed by atoms with Gasteiger partial charge in [0.05, 0.1) is 10.7 Å². The van der Waals surface area contributed by atoms with Crippen LogP contribution in [0.4, 0.5) is 0 Å². The van der Waals surface area contributed by atoms with Gasteiger partial charge in [-0.05, 0) is 23.8 Å². The Hall–Kier alpha value is -1.45. The number of rotatable bonds is 3. The molecule has 0 saturated heterocycles. The summed E-state index contributed by atoms with van der Waals surface area (Å²) in [4.78, 5) is 8.06. The first-order valence-electron chi connectivity index (χ1n) is 4.95. The summed E-state index contributed by atoms with van der Waals surface area (Å²) in [5, 5.41) is 10.5. The Labute approximate surface area is 98.8 Å². The van der Waals surface area contributed by atoms with E-state index in [1.165, 1.54) is 0 Å². The Morgan fingerprint density at radius 3 is 2.75 bits per heavy atom. The summed E-state index contributed by atoms with van der Waals surface area (Å²) in [6.07, 6.45) is 4.81. The highest BCUT2D eigenvalue weighted by molar-refractivity contribution is 6.31. The van der Waals surface area contributed by atoms with E-state index in [0.717, 1.165) is 5.56 Å². The molecule has 4 heteroatoms. The highest BCUT2D eigenvalue weighted by Gasteiger charge is 2.13. The lowest BCUT2D eigenvalue weighted by Crippen LogP contribution is -2.04. The predicted molar refractivity (Wildman–Crippen MR) is 62.1 cm³/mol. The number of hydrogen-bond acceptors (Lipinski definition) is 3. The summed E-state index contributed by atoms with van der Waals surface area (Å²) in [5.41, 5.74) is 1.46. The zero-order valence-corrected chi connectivity index (χ0v) is 9.30. The summed E-state index contributed by atoms with van der Waals surface area (Å²) < 4.78 is 0. The lowest BCUT2D eigenvalue weighted by atomic mass is 10.1. The maximum absolute atomic E-state index is 9.98. The molecule has 0 spiro atoms. The molecule has 0 aliphatic rings. The van der Waals surface area contributed by atoms with E-state index in [2.05, 4.69) is 9.97 Å². The van der Waals surface area contributed by atoms with Crippen molar-refractivity contribution in [3.8, 4) is 0 Å². The lowest BCUT2D eigenvalue weighted by Gasteiger charge is -2.10. The molecule has 1 N–H and O–H groups in total. The number of pyridine rings is 2. The second-order valence-corrected chi connectivity index (χ2v) is 3.86. The summed E-state index contributed by atoms with van der Waals surface area (Å²) in [6.45, 7) is 0. The molecule has 3 nitrogen and oxygen atoms in total. The molecule has 0 radical (unpaired) electrons. The van der Waals surface area contributed by atoms with Crippen LogP contribution in [0.25, 0.3) is 0 Å². The number of aromatic nitrogens is 2. The number of halogens is 1. The smallest absolute Gasteiger partial charge is 0.102 e. The molecule has 2 aromatic rings. The molecule has 0 aromatic carbocycles. The van der Waals surface area contributed by atoms with Crippen molar-refractivity contribution in [2.24, 2.45) is 0 Å². The van der Waals surface area contributed by atoms with Crippen LogP contribution in [0, 0.1) is 0 Å². The van der Waals surface area contributed by atoms with Crippen LogP contribution in [0.5, 0.6) is 0 Å². The maximum Gasteiger partial charge on any atom is 0.102 e. The minimum absolute atomic E-state index is 0.463. The maximum atomic E-state index is 9.98. The molecule has 2 aromatic heterocycles. The summed E-state index contributed by atoms with van der Waals surface area (Å²) in [5.74, 6) is 0. The van der Waals surface area contributed by atoms with Crippen LogP contribution in [0.15, 0.2) is 42.9 Å². The van der Waals surface area contributed by atoms with E-state index in [4.69, 9.17) is 11.6 Å². The average molecular weight is 235 g/mol. The first-order valence-corrected chi connectivity index (χ1v) is 5.32. The number of aliphatic hydroxyl groups excluding tert-OH is 1. The molecule has 16 heavy (non-hydrogen) atoms. The van der Waals surface area contributed by atoms with Gasteiger partial charge in [-0.1, -0.05) is 17.7 Å². The highest BCUT2D eigenvalue weighted by Crippen LogP contribution is 2.22. The van der Waals surface area contributed by atoms with Gasteiger partial charge in [0.15, 0.2) is 0 Å². The Bertz CT molecular complexity index is 462. The molecular formula is C12H11ClN2O. The molecular weight excluding hydrogens is 224 g/mol. The minimum Gasteiger partial charge on any atom is -0.386 e. The van der Waals surface area contributed by atoms with Gasteiger partial charge in [-0.2, -0.15) is 0 Å². The molecule has 1 unspecified atom stereocenters. The van der Waals surface area contributed by atoms with Crippen molar-refractivity contribution in [3.63, 3.8) is 0 Å². The second kappa shape index (κ2) is 5.05. The van der Waals surface area contributed by atoms with Crippen LogP contribution in [0.2, 0.25) is 5.02 Å². The van der Waals surface area contributed by atoms with E-state index >= 15 is 0 Å². The van der Waals surface area contributed by atoms with E-state index in [9.17, 15) is 5.11 Å². The van der Waals surface area contributed by atoms with Crippen LogP contribution < -0.4 is 0 Å². The van der Waals surface area contributed by atoms with Crippen molar-refractivity contribution >= 4 is 11.6 Å². The van der Waals surface area contributed by atoms with Gasteiger partial charge in [-0.3, -0.25) is 9.97 Å². The molecule has 0 aliphatic carbocycles. The van der Waals surface area contributed by atoms with Crippen LogP contribution >= 0.6 is 11.6 Å². The molecule has 0 aliphatic heterocycles. The van der Waals surface area contributed by atoms with Gasteiger partial charge >= 0.3 is 0 Å². The zero-order valence-electron chi connectivity index (χ0n) is 8.55. The van der Waals surface area contributed by atoms with Crippen molar-refractivity contribution in [1.29, 1.82) is 0 Å². The first-order chi connectivity index (χ1) is 7.77. The summed E-state index contributed by atoms with van der Waals surface area (Å²) >= 11 is 5.95. The van der Waals surface area contributed by atoms with E-state index in [1.54, 1.807) is 30.7 Å². The van der Waals surface area contributed by atoms with Crippen LogP contribution in [0.1, 0.15) is 17.4 Å². The van der Waals surface area contributed by atoms with E-state index in [-0.39, 0.29) is 0 Å². The van der Waals surface area contributed by atoms with Crippen molar-refractivity contribution < 1.29 is 5.11 Å². The van der Waals surface area contributed by atoms with Gasteiger partial charge in [0.1, 0.15) is 6.10 Å². The SMILES string of the molecule is OC(Cc1cccnc1)c1ncccc1Cl. The summed E-state index contributed by atoms with van der Waals surface area (Å²) in [6, 6.07) is 7.20. The topological polar surface area (TPSA) is 46.0 Å². The normalized spacial score (nSPS) is 12.4. The Kier molecular flexibility index (Phi) is 3.49. The van der Waals surface area contributed by atoms with Crippen LogP contribution in [0.3, 0.4) is 0 Å². The molecule has 0 fully saturated rings. The molecule has 0 amide bonds. The number of aliphatic hydroxyl groups is 1. The molecule has 0 saturated carbocycles. The number of nitrogens with zero attached hydrogens (tertiary/aromatic N) is 2. The van der Waals surface area contributed by atoms with Crippen LogP contribution in [-0.4, -0.2) is 15.1 Å². The first kappa shape index (κ1) is 11.0. The van der Waals surface area contributed by atoms with Crippen molar-refractivity contribution in [2.75, 3.05) is 0 Å². The van der Waals surface area contributed by atoms with Crippen molar-refractivity contribution in [3.05, 3.63) is 59.1 Å². The van der Waals surface area contributed by atoms with Gasteiger partial charge in [-0.25, -0.2) is 0 Å². The molecule has 0 bridgehead atoms. The third-order valence-corrected chi connectivity index (χ3v) is 2.57. The quantitative estimate of drug-likeness (QED) is 0.887. The second-order valence-electron chi connectivity index (χ2n) is 3.45. The fourth-order valence-electron chi connectivity index (χ4n) is 1.48. The minimum atomic E-state index is -0.696. The van der Waals surface area contributed by atoms with Crippen molar-refractivity contribution in [1.82, 2.24) is 9.97 Å². The standard InChI is InChI=1S/C12H11ClN2O/c13-10-4-2-6-15-12(10)11(16)7-9-3-1-5-14-8-9/h1-6,8,11,16H,7H2. The Morgan fingerprint density at radius 1 is 1.25 bits per heavy atom. The summed E-state index contributed by atoms with van der Waals surface area (Å²) in [7, 11) is 0. The third kappa shape index (κ3) is 2.56. The van der Waals surface area contributed by atoms with Crippen LogP contribution in [-0.2, 0) is 6.42 Å². The van der Waals surface area contributed by atoms with Crippen molar-refractivity contribution in [2.45, 2.75) is 12.5 Å². The van der Waals surface area contributed by atoms with Gasteiger partial charge < -0.3 is 5.11 Å². The Balaban J connectivity index is 2.15. The molecule has 1 atom stereocenters. The third-order valence-electron chi connectivity index (χ3n) is 2.25. The molecule has 2 heterocycles. The van der Waals surface area contributed by atoms with E-state index < -0.39 is 6.10 Å². The average Bonchev–Trinajstić information content (AvgIpc) is 2.31. The lowest BCUT2D eigenvalue weighted by molar-refractivity contribution is 0.173. The monoisotopic (exact) mass is 234 g/mol. The number of hydrogen-bond donors (Lipinski definition) is 1. The van der Waals surface area contributed by atoms with Gasteiger partial charge in [0.2, 0.25) is 0 Å².